The quantitative estimate of drug-likeness (QED) is 0.0607. The summed E-state index contributed by atoms with van der Waals surface area (Å²) in [6.45, 7) is 10.7. The second-order valence-electron chi connectivity index (χ2n) is 15.1. The predicted molar refractivity (Wildman–Crippen MR) is 212 cm³/mol. The summed E-state index contributed by atoms with van der Waals surface area (Å²) < 4.78 is 0. The van der Waals surface area contributed by atoms with Gasteiger partial charge in [0.2, 0.25) is 0 Å². The molecule has 0 saturated heterocycles. The minimum Gasteiger partial charge on any atom is -0.302 e. The lowest BCUT2D eigenvalue weighted by atomic mass is 10.0. The van der Waals surface area contributed by atoms with Gasteiger partial charge in [0, 0.05) is 39.0 Å². The van der Waals surface area contributed by atoms with Crippen LogP contribution in [0.1, 0.15) is 232 Å². The second-order valence-corrected chi connectivity index (χ2v) is 15.1. The summed E-state index contributed by atoms with van der Waals surface area (Å²) in [6.07, 6.45) is 46.5. The van der Waals surface area contributed by atoms with Crippen molar-refractivity contribution in [2.75, 3.05) is 39.3 Å². The van der Waals surface area contributed by atoms with Crippen molar-refractivity contribution in [3.05, 3.63) is 0 Å². The maximum atomic E-state index is 9.08. The highest BCUT2D eigenvalue weighted by Gasteiger charge is 2.10. The van der Waals surface area contributed by atoms with Gasteiger partial charge >= 0.3 is 0 Å². The molecule has 0 aromatic carbocycles. The van der Waals surface area contributed by atoms with Gasteiger partial charge in [-0.1, -0.05) is 206 Å². The average Bonchev–Trinajstić information content (AvgIpc) is 3.10. The number of hydrogen-bond acceptors (Lipinski definition) is 4. The molecule has 0 aromatic heterocycles. The van der Waals surface area contributed by atoms with Crippen molar-refractivity contribution in [1.29, 1.82) is 10.5 Å². The van der Waals surface area contributed by atoms with E-state index in [0.29, 0.717) is 12.8 Å². The maximum absolute atomic E-state index is 9.08. The Morgan fingerprint density at radius 1 is 0.271 bits per heavy atom. The van der Waals surface area contributed by atoms with Gasteiger partial charge in [-0.3, -0.25) is 0 Å². The first-order valence-corrected chi connectivity index (χ1v) is 22.0. The first-order valence-electron chi connectivity index (χ1n) is 22.0. The van der Waals surface area contributed by atoms with E-state index in [1.165, 1.54) is 219 Å². The summed E-state index contributed by atoms with van der Waals surface area (Å²) in [5.41, 5.74) is 0. The van der Waals surface area contributed by atoms with Crippen LogP contribution in [0.25, 0.3) is 0 Å². The van der Waals surface area contributed by atoms with E-state index in [2.05, 4.69) is 35.8 Å². The van der Waals surface area contributed by atoms with Gasteiger partial charge in [-0.05, 0) is 25.9 Å². The summed E-state index contributed by atoms with van der Waals surface area (Å²) in [5.74, 6) is 0. The van der Waals surface area contributed by atoms with Gasteiger partial charge in [0.15, 0.2) is 0 Å². The molecule has 0 heterocycles. The van der Waals surface area contributed by atoms with Crippen LogP contribution in [-0.4, -0.2) is 49.1 Å². The van der Waals surface area contributed by atoms with E-state index in [9.17, 15) is 0 Å². The number of unbranched alkanes of at least 4 members (excludes halogenated alkanes) is 30. The summed E-state index contributed by atoms with van der Waals surface area (Å²) in [7, 11) is 0. The fourth-order valence-corrected chi connectivity index (χ4v) is 7.14. The summed E-state index contributed by atoms with van der Waals surface area (Å²) >= 11 is 0. The Morgan fingerprint density at radius 3 is 0.708 bits per heavy atom. The zero-order valence-electron chi connectivity index (χ0n) is 33.1. The van der Waals surface area contributed by atoms with Gasteiger partial charge in [0.05, 0.1) is 12.1 Å². The third-order valence-electron chi connectivity index (χ3n) is 10.5. The molecule has 0 rings (SSSR count). The van der Waals surface area contributed by atoms with Crippen LogP contribution in [0.2, 0.25) is 0 Å². The molecule has 48 heavy (non-hydrogen) atoms. The van der Waals surface area contributed by atoms with Gasteiger partial charge in [-0.15, -0.1) is 0 Å². The minimum atomic E-state index is 0.559. The summed E-state index contributed by atoms with van der Waals surface area (Å²) in [5, 5.41) is 18.2. The highest BCUT2D eigenvalue weighted by Crippen LogP contribution is 2.16. The fourth-order valence-electron chi connectivity index (χ4n) is 7.14. The Balaban J connectivity index is 4.03. The lowest BCUT2D eigenvalue weighted by Crippen LogP contribution is -2.37. The Hall–Kier alpha value is -1.10. The molecule has 0 atom stereocenters. The van der Waals surface area contributed by atoms with Crippen molar-refractivity contribution in [3.8, 4) is 12.1 Å². The van der Waals surface area contributed by atoms with Gasteiger partial charge in [-0.25, -0.2) is 0 Å². The lowest BCUT2D eigenvalue weighted by molar-refractivity contribution is 0.201. The molecule has 4 heteroatoms. The molecule has 0 amide bonds. The monoisotopic (exact) mass is 671 g/mol. The molecular formula is C44H86N4. The van der Waals surface area contributed by atoms with Crippen molar-refractivity contribution >= 4 is 0 Å². The molecule has 0 aliphatic carbocycles. The van der Waals surface area contributed by atoms with E-state index < -0.39 is 0 Å². The van der Waals surface area contributed by atoms with Crippen molar-refractivity contribution < 1.29 is 0 Å². The zero-order valence-corrected chi connectivity index (χ0v) is 33.1. The van der Waals surface area contributed by atoms with E-state index in [1.54, 1.807) is 0 Å². The third-order valence-corrected chi connectivity index (χ3v) is 10.5. The molecule has 0 bridgehead atoms. The zero-order chi connectivity index (χ0) is 34.9. The molecule has 0 aliphatic heterocycles. The second kappa shape index (κ2) is 42.1. The first kappa shape index (κ1) is 46.9. The molecule has 0 fully saturated rings. The molecule has 282 valence electrons. The molecule has 0 N–H and O–H groups in total. The normalized spacial score (nSPS) is 11.5. The Bertz CT molecular complexity index is 626. The van der Waals surface area contributed by atoms with Crippen LogP contribution in [0.4, 0.5) is 0 Å². The SMILES string of the molecule is CCCCCCCCCCCCCCCCCCN(CCCCCCCCCCCCCCCCCC)CCN(CCC#N)CCC#N. The van der Waals surface area contributed by atoms with Crippen LogP contribution in [0, 0.1) is 22.7 Å². The van der Waals surface area contributed by atoms with E-state index in [-0.39, 0.29) is 0 Å². The van der Waals surface area contributed by atoms with Gasteiger partial charge in [0.1, 0.15) is 0 Å². The average molecular weight is 671 g/mol. The van der Waals surface area contributed by atoms with Crippen molar-refractivity contribution in [3.63, 3.8) is 0 Å². The lowest BCUT2D eigenvalue weighted by Gasteiger charge is -2.27. The number of rotatable bonds is 41. The molecule has 0 spiro atoms. The molecular weight excluding hydrogens is 585 g/mol. The van der Waals surface area contributed by atoms with E-state index >= 15 is 0 Å². The van der Waals surface area contributed by atoms with Crippen LogP contribution in [0.5, 0.6) is 0 Å². The van der Waals surface area contributed by atoms with Crippen molar-refractivity contribution in [1.82, 2.24) is 9.80 Å². The van der Waals surface area contributed by atoms with E-state index in [1.807, 2.05) is 0 Å². The predicted octanol–water partition coefficient (Wildman–Crippen LogP) is 13.9. The van der Waals surface area contributed by atoms with Crippen molar-refractivity contribution in [2.24, 2.45) is 0 Å². The fraction of sp³-hybridized carbons (Fsp3) is 0.955. The van der Waals surface area contributed by atoms with Gasteiger partial charge in [0.25, 0.3) is 0 Å². The van der Waals surface area contributed by atoms with E-state index in [0.717, 1.165) is 26.2 Å². The Labute approximate surface area is 303 Å². The smallest absolute Gasteiger partial charge is 0.0635 e. The molecule has 4 nitrogen and oxygen atoms in total. The highest BCUT2D eigenvalue weighted by atomic mass is 15.2. The first-order chi connectivity index (χ1) is 23.8. The van der Waals surface area contributed by atoms with Crippen LogP contribution in [-0.2, 0) is 0 Å². The van der Waals surface area contributed by atoms with Crippen LogP contribution < -0.4 is 0 Å². The summed E-state index contributed by atoms with van der Waals surface area (Å²) in [6, 6.07) is 4.59. The van der Waals surface area contributed by atoms with E-state index in [4.69, 9.17) is 10.5 Å². The van der Waals surface area contributed by atoms with Gasteiger partial charge < -0.3 is 9.80 Å². The maximum Gasteiger partial charge on any atom is 0.0635 e. The van der Waals surface area contributed by atoms with Crippen molar-refractivity contribution in [2.45, 2.75) is 232 Å². The highest BCUT2D eigenvalue weighted by molar-refractivity contribution is 4.77. The standard InChI is InChI=1S/C44H86N4/c1-3-5-7-9-11-13-15-17-19-21-23-25-27-29-31-33-39-47(43-44-48(41-35-37-45)42-36-38-46)40-34-32-30-28-26-24-22-20-18-16-14-12-10-8-6-4-2/h3-36,39-44H2,1-2H3. The topological polar surface area (TPSA) is 54.1 Å². The Kier molecular flexibility index (Phi) is 41.1. The van der Waals surface area contributed by atoms with Crippen LogP contribution in [0.15, 0.2) is 0 Å². The third kappa shape index (κ3) is 37.7. The molecule has 0 radical (unpaired) electrons. The van der Waals surface area contributed by atoms with Gasteiger partial charge in [-0.2, -0.15) is 10.5 Å². The van der Waals surface area contributed by atoms with Crippen LogP contribution in [0.3, 0.4) is 0 Å². The molecule has 0 aromatic rings. The van der Waals surface area contributed by atoms with Crippen LogP contribution >= 0.6 is 0 Å². The molecule has 0 saturated carbocycles. The number of nitrogens with zero attached hydrogens (tertiary/aromatic N) is 4. The largest absolute Gasteiger partial charge is 0.302 e. The molecule has 0 aliphatic rings. The molecule has 0 unspecified atom stereocenters. The number of nitriles is 2. The summed E-state index contributed by atoms with van der Waals surface area (Å²) in [4.78, 5) is 5.03. The minimum absolute atomic E-state index is 0.559. The Morgan fingerprint density at radius 2 is 0.479 bits per heavy atom. The number of hydrogen-bond donors (Lipinski definition) is 0.